The average Bonchev–Trinajstić information content (AvgIpc) is 2.60. The van der Waals surface area contributed by atoms with E-state index in [4.69, 9.17) is 4.74 Å². The molecule has 0 saturated carbocycles. The van der Waals surface area contributed by atoms with Crippen molar-refractivity contribution >= 4 is 0 Å². The molecule has 0 aromatic carbocycles. The Morgan fingerprint density at radius 1 is 1.00 bits per heavy atom. The van der Waals surface area contributed by atoms with Gasteiger partial charge in [-0.05, 0) is 12.8 Å². The topological polar surface area (TPSA) is 21.3 Å². The largest absolute Gasteiger partial charge is 0.374 e. The van der Waals surface area contributed by atoms with E-state index in [0.717, 1.165) is 11.8 Å². The van der Waals surface area contributed by atoms with Crippen LogP contribution in [0.25, 0.3) is 0 Å². The van der Waals surface area contributed by atoms with Crippen LogP contribution < -0.4 is 5.32 Å². The Bertz CT molecular complexity index is 143. The molecule has 0 amide bonds. The van der Waals surface area contributed by atoms with Gasteiger partial charge < -0.3 is 10.1 Å². The Balaban J connectivity index is 1.92. The first-order chi connectivity index (χ1) is 4.95. The zero-order valence-corrected chi connectivity index (χ0v) is 6.05. The molecule has 1 N–H and O–H groups in total. The summed E-state index contributed by atoms with van der Waals surface area (Å²) in [5, 5.41) is 3.45. The number of rotatable bonds is 0. The van der Waals surface area contributed by atoms with Crippen LogP contribution in [-0.2, 0) is 4.74 Å². The van der Waals surface area contributed by atoms with Gasteiger partial charge in [-0.2, -0.15) is 0 Å². The van der Waals surface area contributed by atoms with Gasteiger partial charge in [-0.25, -0.2) is 0 Å². The molecule has 3 fully saturated rings. The Labute approximate surface area is 60.9 Å². The van der Waals surface area contributed by atoms with Crippen molar-refractivity contribution in [2.45, 2.75) is 25.0 Å². The lowest BCUT2D eigenvalue weighted by atomic mass is 9.82. The molecule has 10 heavy (non-hydrogen) atoms. The van der Waals surface area contributed by atoms with Crippen LogP contribution in [0.3, 0.4) is 0 Å². The Kier molecular flexibility index (Phi) is 0.968. The van der Waals surface area contributed by atoms with Crippen molar-refractivity contribution < 1.29 is 4.74 Å². The summed E-state index contributed by atoms with van der Waals surface area (Å²) in [6.45, 7) is 2.43. The smallest absolute Gasteiger partial charge is 0.0624 e. The van der Waals surface area contributed by atoms with Gasteiger partial charge in [0.25, 0.3) is 0 Å². The summed E-state index contributed by atoms with van der Waals surface area (Å²) in [4.78, 5) is 0. The van der Waals surface area contributed by atoms with Gasteiger partial charge >= 0.3 is 0 Å². The predicted molar refractivity (Wildman–Crippen MR) is 37.7 cm³/mol. The molecule has 4 atom stereocenters. The van der Waals surface area contributed by atoms with Crippen LogP contribution in [0.15, 0.2) is 0 Å². The lowest BCUT2D eigenvalue weighted by Crippen LogP contribution is -2.24. The fraction of sp³-hybridized carbons (Fsp3) is 1.00. The van der Waals surface area contributed by atoms with Crippen molar-refractivity contribution in [3.8, 4) is 0 Å². The Morgan fingerprint density at radius 2 is 1.60 bits per heavy atom. The number of nitrogens with one attached hydrogen (secondary N) is 1. The standard InChI is InChI=1S/C8H13NO/c1-2-8-6-4-9-3-5(6)7(1)10-8/h5-9H,1-4H2/t5-,6-,7-,8-/m1/s1. The molecule has 0 spiro atoms. The first-order valence-electron chi connectivity index (χ1n) is 4.31. The Morgan fingerprint density at radius 3 is 2.20 bits per heavy atom. The molecule has 2 bridgehead atoms. The summed E-state index contributed by atoms with van der Waals surface area (Å²) in [6.07, 6.45) is 3.91. The van der Waals surface area contributed by atoms with Gasteiger partial charge in [0.15, 0.2) is 0 Å². The minimum Gasteiger partial charge on any atom is -0.374 e. The minimum atomic E-state index is 0.630. The molecule has 2 heteroatoms. The second-order valence-electron chi connectivity index (χ2n) is 3.78. The van der Waals surface area contributed by atoms with Gasteiger partial charge in [0.2, 0.25) is 0 Å². The molecule has 3 heterocycles. The van der Waals surface area contributed by atoms with Gasteiger partial charge in [-0.1, -0.05) is 0 Å². The zero-order valence-electron chi connectivity index (χ0n) is 6.05. The highest BCUT2D eigenvalue weighted by molar-refractivity contribution is 5.01. The van der Waals surface area contributed by atoms with E-state index in [1.54, 1.807) is 0 Å². The quantitative estimate of drug-likeness (QED) is 0.524. The first-order valence-corrected chi connectivity index (χ1v) is 4.31. The van der Waals surface area contributed by atoms with Crippen LogP contribution >= 0.6 is 0 Å². The molecule has 0 aliphatic carbocycles. The fourth-order valence-electron chi connectivity index (χ4n) is 2.85. The number of fused-ring (bicyclic) bond motifs is 5. The first kappa shape index (κ1) is 5.56. The SMILES string of the molecule is C1NC[C@@H]2[C@@H]1[C@H]1CC[C@H]2O1. The van der Waals surface area contributed by atoms with E-state index in [2.05, 4.69) is 5.32 Å². The van der Waals surface area contributed by atoms with Crippen LogP contribution in [0.2, 0.25) is 0 Å². The summed E-state index contributed by atoms with van der Waals surface area (Å²) in [5.74, 6) is 1.75. The van der Waals surface area contributed by atoms with Crippen molar-refractivity contribution in [2.75, 3.05) is 13.1 Å². The maximum Gasteiger partial charge on any atom is 0.0624 e. The molecule has 3 saturated heterocycles. The van der Waals surface area contributed by atoms with Crippen LogP contribution in [0, 0.1) is 11.8 Å². The van der Waals surface area contributed by atoms with Gasteiger partial charge in [-0.15, -0.1) is 0 Å². The highest BCUT2D eigenvalue weighted by atomic mass is 16.5. The fourth-order valence-corrected chi connectivity index (χ4v) is 2.85. The summed E-state index contributed by atoms with van der Waals surface area (Å²) in [7, 11) is 0. The summed E-state index contributed by atoms with van der Waals surface area (Å²) >= 11 is 0. The van der Waals surface area contributed by atoms with Crippen molar-refractivity contribution in [1.29, 1.82) is 0 Å². The van der Waals surface area contributed by atoms with Gasteiger partial charge in [0, 0.05) is 24.9 Å². The Hall–Kier alpha value is -0.0800. The molecule has 3 rings (SSSR count). The highest BCUT2D eigenvalue weighted by Gasteiger charge is 2.50. The number of hydrogen-bond acceptors (Lipinski definition) is 2. The molecule has 0 aromatic heterocycles. The molecule has 3 aliphatic heterocycles. The highest BCUT2D eigenvalue weighted by Crippen LogP contribution is 2.44. The van der Waals surface area contributed by atoms with E-state index in [9.17, 15) is 0 Å². The maximum atomic E-state index is 5.80. The molecule has 0 unspecified atom stereocenters. The van der Waals surface area contributed by atoms with Crippen molar-refractivity contribution in [1.82, 2.24) is 5.32 Å². The molecule has 0 aromatic rings. The van der Waals surface area contributed by atoms with Crippen LogP contribution in [0.4, 0.5) is 0 Å². The van der Waals surface area contributed by atoms with E-state index in [1.807, 2.05) is 0 Å². The van der Waals surface area contributed by atoms with E-state index in [0.29, 0.717) is 12.2 Å². The molecule has 2 nitrogen and oxygen atoms in total. The van der Waals surface area contributed by atoms with E-state index in [1.165, 1.54) is 25.9 Å². The van der Waals surface area contributed by atoms with Gasteiger partial charge in [-0.3, -0.25) is 0 Å². The third kappa shape index (κ3) is 0.523. The molecule has 0 radical (unpaired) electrons. The summed E-state index contributed by atoms with van der Waals surface area (Å²) < 4.78 is 5.80. The summed E-state index contributed by atoms with van der Waals surface area (Å²) in [6, 6.07) is 0. The minimum absolute atomic E-state index is 0.630. The van der Waals surface area contributed by atoms with E-state index in [-0.39, 0.29) is 0 Å². The van der Waals surface area contributed by atoms with Gasteiger partial charge in [0.05, 0.1) is 12.2 Å². The third-order valence-corrected chi connectivity index (χ3v) is 3.35. The molecule has 56 valence electrons. The molecular formula is C8H13NO. The average molecular weight is 139 g/mol. The molecule has 3 aliphatic rings. The van der Waals surface area contributed by atoms with Gasteiger partial charge in [0.1, 0.15) is 0 Å². The van der Waals surface area contributed by atoms with Crippen molar-refractivity contribution in [3.05, 3.63) is 0 Å². The van der Waals surface area contributed by atoms with E-state index < -0.39 is 0 Å². The lowest BCUT2D eigenvalue weighted by Gasteiger charge is -2.18. The van der Waals surface area contributed by atoms with Crippen molar-refractivity contribution in [3.63, 3.8) is 0 Å². The monoisotopic (exact) mass is 139 g/mol. The summed E-state index contributed by atoms with van der Waals surface area (Å²) in [5.41, 5.74) is 0. The van der Waals surface area contributed by atoms with Crippen LogP contribution in [0.1, 0.15) is 12.8 Å². The number of ether oxygens (including phenoxy) is 1. The predicted octanol–water partition coefficient (Wildman–Crippen LogP) is 0.383. The third-order valence-electron chi connectivity index (χ3n) is 3.35. The van der Waals surface area contributed by atoms with E-state index >= 15 is 0 Å². The van der Waals surface area contributed by atoms with Crippen LogP contribution in [-0.4, -0.2) is 25.3 Å². The second kappa shape index (κ2) is 1.74. The van der Waals surface area contributed by atoms with Crippen molar-refractivity contribution in [2.24, 2.45) is 11.8 Å². The second-order valence-corrected chi connectivity index (χ2v) is 3.78. The zero-order chi connectivity index (χ0) is 6.55. The molecular weight excluding hydrogens is 126 g/mol. The van der Waals surface area contributed by atoms with Crippen LogP contribution in [0.5, 0.6) is 0 Å². The lowest BCUT2D eigenvalue weighted by molar-refractivity contribution is 0.0832. The maximum absolute atomic E-state index is 5.80. The normalized spacial score (nSPS) is 57.6. The number of hydrogen-bond donors (Lipinski definition) is 1.